The van der Waals surface area contributed by atoms with Crippen LogP contribution in [0.3, 0.4) is 0 Å². The Bertz CT molecular complexity index is 1030. The van der Waals surface area contributed by atoms with E-state index >= 15 is 0 Å². The molecule has 1 saturated heterocycles. The summed E-state index contributed by atoms with van der Waals surface area (Å²) in [5, 5.41) is 3.26. The van der Waals surface area contributed by atoms with Gasteiger partial charge in [-0.25, -0.2) is 8.42 Å². The van der Waals surface area contributed by atoms with Gasteiger partial charge < -0.3 is 10.2 Å². The van der Waals surface area contributed by atoms with Gasteiger partial charge >= 0.3 is 0 Å². The molecule has 1 N–H and O–H groups in total. The number of nitrogens with one attached hydrogen (secondary N) is 1. The van der Waals surface area contributed by atoms with Crippen molar-refractivity contribution in [1.82, 2.24) is 10.2 Å². The third-order valence-corrected chi connectivity index (χ3v) is 6.69. The Labute approximate surface area is 151 Å². The normalized spacial score (nSPS) is 21.0. The average molecular weight is 370 g/mol. The van der Waals surface area contributed by atoms with Gasteiger partial charge in [-0.1, -0.05) is 12.1 Å². The van der Waals surface area contributed by atoms with Crippen molar-refractivity contribution < 1.29 is 18.0 Å². The second kappa shape index (κ2) is 6.03. The zero-order chi connectivity index (χ0) is 18.5. The Morgan fingerprint density at radius 2 is 1.85 bits per heavy atom. The summed E-state index contributed by atoms with van der Waals surface area (Å²) >= 11 is 0. The van der Waals surface area contributed by atoms with E-state index in [1.165, 1.54) is 30.3 Å². The van der Waals surface area contributed by atoms with Crippen molar-refractivity contribution in [1.29, 1.82) is 0 Å². The van der Waals surface area contributed by atoms with Gasteiger partial charge in [-0.15, -0.1) is 0 Å². The summed E-state index contributed by atoms with van der Waals surface area (Å²) in [6, 6.07) is 10.7. The molecule has 2 aromatic rings. The molecule has 0 bridgehead atoms. The maximum Gasteiger partial charge on any atom is 0.253 e. The smallest absolute Gasteiger partial charge is 0.253 e. The standard InChI is InChI=1S/C19H18N2O4S/c1-12-11-21(9-8-20-12)19(23)13-6-7-15-17(10-13)26(24,25)16-5-3-2-4-14(16)18(15)22/h2-7,10,12,20H,8-9,11H2,1H3. The van der Waals surface area contributed by atoms with Gasteiger partial charge in [0.05, 0.1) is 9.79 Å². The molecule has 4 rings (SSSR count). The van der Waals surface area contributed by atoms with Crippen LogP contribution in [0.2, 0.25) is 0 Å². The molecule has 1 amide bonds. The van der Waals surface area contributed by atoms with Crippen LogP contribution in [0.15, 0.2) is 52.3 Å². The van der Waals surface area contributed by atoms with Crippen LogP contribution >= 0.6 is 0 Å². The van der Waals surface area contributed by atoms with E-state index in [1.54, 1.807) is 17.0 Å². The number of hydrogen-bond acceptors (Lipinski definition) is 5. The summed E-state index contributed by atoms with van der Waals surface area (Å²) in [7, 11) is -3.84. The number of nitrogens with zero attached hydrogens (tertiary/aromatic N) is 1. The molecule has 1 atom stereocenters. The molecule has 1 unspecified atom stereocenters. The number of piperazine rings is 1. The van der Waals surface area contributed by atoms with Crippen molar-refractivity contribution in [2.75, 3.05) is 19.6 Å². The minimum Gasteiger partial charge on any atom is -0.336 e. The number of benzene rings is 2. The third-order valence-electron chi connectivity index (χ3n) is 4.84. The molecule has 6 nitrogen and oxygen atoms in total. The zero-order valence-corrected chi connectivity index (χ0v) is 15.0. The predicted octanol–water partition coefficient (Wildman–Crippen LogP) is 1.50. The number of rotatable bonds is 1. The minimum atomic E-state index is -3.84. The molecule has 2 heterocycles. The molecular formula is C19H18N2O4S. The van der Waals surface area contributed by atoms with Crippen LogP contribution < -0.4 is 5.32 Å². The van der Waals surface area contributed by atoms with Crippen molar-refractivity contribution in [3.63, 3.8) is 0 Å². The first-order valence-corrected chi connectivity index (χ1v) is 9.93. The minimum absolute atomic E-state index is 0.00195. The molecule has 2 aliphatic heterocycles. The number of carbonyl (C=O) groups excluding carboxylic acids is 2. The van der Waals surface area contributed by atoms with Gasteiger partial charge in [0.2, 0.25) is 9.84 Å². The summed E-state index contributed by atoms with van der Waals surface area (Å²) < 4.78 is 25.9. The van der Waals surface area contributed by atoms with Crippen LogP contribution in [0.1, 0.15) is 33.2 Å². The Hall–Kier alpha value is -2.51. The van der Waals surface area contributed by atoms with Crippen LogP contribution in [-0.4, -0.2) is 50.7 Å². The van der Waals surface area contributed by atoms with E-state index < -0.39 is 9.84 Å². The lowest BCUT2D eigenvalue weighted by molar-refractivity contribution is 0.0708. The predicted molar refractivity (Wildman–Crippen MR) is 95.1 cm³/mol. The van der Waals surface area contributed by atoms with Crippen LogP contribution in [0, 0.1) is 0 Å². The van der Waals surface area contributed by atoms with Crippen molar-refractivity contribution in [3.8, 4) is 0 Å². The fourth-order valence-electron chi connectivity index (χ4n) is 3.52. The van der Waals surface area contributed by atoms with Gasteiger partial charge in [0.1, 0.15) is 0 Å². The first kappa shape index (κ1) is 16.9. The van der Waals surface area contributed by atoms with Gasteiger partial charge in [0, 0.05) is 42.4 Å². The first-order chi connectivity index (χ1) is 12.4. The average Bonchev–Trinajstić information content (AvgIpc) is 2.65. The Balaban J connectivity index is 1.79. The van der Waals surface area contributed by atoms with Gasteiger partial charge in [-0.3, -0.25) is 9.59 Å². The molecule has 0 saturated carbocycles. The van der Waals surface area contributed by atoms with Crippen molar-refractivity contribution >= 4 is 21.5 Å². The van der Waals surface area contributed by atoms with Gasteiger partial charge in [0.25, 0.3) is 5.91 Å². The van der Waals surface area contributed by atoms with Crippen molar-refractivity contribution in [3.05, 3.63) is 59.2 Å². The van der Waals surface area contributed by atoms with Crippen LogP contribution in [0.25, 0.3) is 0 Å². The number of hydrogen-bond donors (Lipinski definition) is 1. The maximum atomic E-state index is 13.0. The summed E-state index contributed by atoms with van der Waals surface area (Å²) in [6.07, 6.45) is 0. The Morgan fingerprint density at radius 3 is 2.62 bits per heavy atom. The van der Waals surface area contributed by atoms with Gasteiger partial charge in [-0.05, 0) is 37.3 Å². The Morgan fingerprint density at radius 1 is 1.12 bits per heavy atom. The van der Waals surface area contributed by atoms with E-state index in [0.29, 0.717) is 19.6 Å². The lowest BCUT2D eigenvalue weighted by Crippen LogP contribution is -2.51. The monoisotopic (exact) mass is 370 g/mol. The lowest BCUT2D eigenvalue weighted by atomic mass is 10.0. The fraction of sp³-hybridized carbons (Fsp3) is 0.263. The van der Waals surface area contributed by atoms with Crippen LogP contribution in [0.4, 0.5) is 0 Å². The van der Waals surface area contributed by atoms with E-state index in [-0.39, 0.29) is 44.2 Å². The Kier molecular flexibility index (Phi) is 3.93. The summed E-state index contributed by atoms with van der Waals surface area (Å²) in [6.45, 7) is 3.81. The highest BCUT2D eigenvalue weighted by Gasteiger charge is 2.35. The van der Waals surface area contributed by atoms with E-state index in [0.717, 1.165) is 0 Å². The van der Waals surface area contributed by atoms with E-state index in [1.807, 2.05) is 6.92 Å². The maximum absolute atomic E-state index is 13.0. The molecule has 2 aromatic carbocycles. The molecule has 0 spiro atoms. The zero-order valence-electron chi connectivity index (χ0n) is 14.2. The molecule has 134 valence electrons. The van der Waals surface area contributed by atoms with Gasteiger partial charge in [-0.2, -0.15) is 0 Å². The highest BCUT2D eigenvalue weighted by atomic mass is 32.2. The first-order valence-electron chi connectivity index (χ1n) is 8.45. The summed E-state index contributed by atoms with van der Waals surface area (Å²) in [5.74, 6) is -0.553. The highest BCUT2D eigenvalue weighted by molar-refractivity contribution is 7.91. The van der Waals surface area contributed by atoms with Gasteiger partial charge in [0.15, 0.2) is 5.78 Å². The number of sulfone groups is 1. The number of ketones is 1. The van der Waals surface area contributed by atoms with E-state index in [4.69, 9.17) is 0 Å². The lowest BCUT2D eigenvalue weighted by Gasteiger charge is -2.32. The largest absolute Gasteiger partial charge is 0.336 e. The molecule has 7 heteroatoms. The quantitative estimate of drug-likeness (QED) is 0.702. The molecule has 26 heavy (non-hydrogen) atoms. The summed E-state index contributed by atoms with van der Waals surface area (Å²) in [4.78, 5) is 27.1. The number of carbonyl (C=O) groups is 2. The second-order valence-electron chi connectivity index (χ2n) is 6.65. The molecule has 0 aromatic heterocycles. The SMILES string of the molecule is CC1CN(C(=O)c2ccc3c(c2)S(=O)(=O)c2ccccc2C3=O)CCN1. The van der Waals surface area contributed by atoms with Crippen molar-refractivity contribution in [2.45, 2.75) is 22.8 Å². The van der Waals surface area contributed by atoms with E-state index in [9.17, 15) is 18.0 Å². The van der Waals surface area contributed by atoms with Crippen LogP contribution in [-0.2, 0) is 9.84 Å². The number of fused-ring (bicyclic) bond motifs is 2. The molecule has 0 radical (unpaired) electrons. The van der Waals surface area contributed by atoms with Crippen LogP contribution in [0.5, 0.6) is 0 Å². The molecule has 0 aliphatic carbocycles. The van der Waals surface area contributed by atoms with E-state index in [2.05, 4.69) is 5.32 Å². The highest BCUT2D eigenvalue weighted by Crippen LogP contribution is 2.34. The molecular weight excluding hydrogens is 352 g/mol. The summed E-state index contributed by atoms with van der Waals surface area (Å²) in [5.41, 5.74) is 0.581. The van der Waals surface area contributed by atoms with Crippen molar-refractivity contribution in [2.24, 2.45) is 0 Å². The fourth-order valence-corrected chi connectivity index (χ4v) is 5.19. The topological polar surface area (TPSA) is 83.6 Å². The number of amides is 1. The molecule has 2 aliphatic rings. The molecule has 1 fully saturated rings. The second-order valence-corrected chi connectivity index (χ2v) is 8.53. The third kappa shape index (κ3) is 2.55.